The lowest BCUT2D eigenvalue weighted by atomic mass is 10.2. The van der Waals surface area contributed by atoms with E-state index in [1.165, 1.54) is 16.6 Å². The number of thioether (sulfide) groups is 1. The van der Waals surface area contributed by atoms with Crippen molar-refractivity contribution in [3.05, 3.63) is 58.7 Å². The van der Waals surface area contributed by atoms with E-state index in [1.807, 2.05) is 30.3 Å². The molecule has 6 nitrogen and oxygen atoms in total. The van der Waals surface area contributed by atoms with Crippen molar-refractivity contribution in [3.8, 4) is 21.4 Å². The quantitative estimate of drug-likeness (QED) is 0.422. The lowest BCUT2D eigenvalue weighted by Gasteiger charge is -2.23. The second-order valence-corrected chi connectivity index (χ2v) is 8.41. The highest BCUT2D eigenvalue weighted by molar-refractivity contribution is 7.98. The number of hydrogen-bond donors (Lipinski definition) is 0. The van der Waals surface area contributed by atoms with Gasteiger partial charge in [0.1, 0.15) is 11.6 Å². The lowest BCUT2D eigenvalue weighted by Crippen LogP contribution is -2.21. The maximum atomic E-state index is 5.90. The number of benzene rings is 1. The lowest BCUT2D eigenvalue weighted by molar-refractivity contribution is 0.0686. The van der Waals surface area contributed by atoms with Gasteiger partial charge in [0.2, 0.25) is 6.10 Å². The second-order valence-electron chi connectivity index (χ2n) is 5.68. The van der Waals surface area contributed by atoms with E-state index < -0.39 is 6.10 Å². The fraction of sp³-hybridized carbons (Fsp3) is 0.167. The van der Waals surface area contributed by atoms with E-state index in [0.717, 1.165) is 16.5 Å². The minimum atomic E-state index is -0.397. The Morgan fingerprint density at radius 3 is 2.89 bits per heavy atom. The zero-order valence-electron chi connectivity index (χ0n) is 13.9. The number of aromatic nitrogens is 3. The second kappa shape index (κ2) is 7.34. The Kier molecular flexibility index (Phi) is 4.56. The Morgan fingerprint density at radius 2 is 2.00 bits per heavy atom. The molecule has 0 bridgehead atoms. The van der Waals surface area contributed by atoms with E-state index in [2.05, 4.69) is 32.0 Å². The van der Waals surface area contributed by atoms with Gasteiger partial charge in [-0.15, -0.1) is 32.9 Å². The third-order valence-electron chi connectivity index (χ3n) is 3.83. The molecule has 0 aliphatic carbocycles. The average molecular weight is 416 g/mol. The maximum Gasteiger partial charge on any atom is 0.277 e. The molecule has 5 rings (SSSR count). The van der Waals surface area contributed by atoms with Crippen molar-refractivity contribution in [2.24, 2.45) is 0 Å². The van der Waals surface area contributed by atoms with Crippen LogP contribution in [-0.4, -0.2) is 21.8 Å². The van der Waals surface area contributed by atoms with Crippen molar-refractivity contribution in [2.75, 3.05) is 6.61 Å². The van der Waals surface area contributed by atoms with Crippen LogP contribution in [0.4, 0.5) is 0 Å². The van der Waals surface area contributed by atoms with E-state index in [0.29, 0.717) is 29.2 Å². The normalized spacial score (nSPS) is 15.8. The van der Waals surface area contributed by atoms with Crippen LogP contribution in [-0.2, 0) is 5.75 Å². The molecular formula is C18H13N3O3S3. The number of rotatable bonds is 5. The number of fused-ring (bicyclic) bond motifs is 1. The summed E-state index contributed by atoms with van der Waals surface area (Å²) in [5, 5.41) is 13.9. The van der Waals surface area contributed by atoms with Crippen LogP contribution < -0.4 is 9.47 Å². The highest BCUT2D eigenvalue weighted by atomic mass is 32.2. The Morgan fingerprint density at radius 1 is 1.07 bits per heavy atom. The van der Waals surface area contributed by atoms with Crippen molar-refractivity contribution in [1.82, 2.24) is 15.2 Å². The minimum absolute atomic E-state index is 0.347. The van der Waals surface area contributed by atoms with Crippen molar-refractivity contribution < 1.29 is 13.9 Å². The molecule has 3 aromatic heterocycles. The van der Waals surface area contributed by atoms with Crippen LogP contribution in [0.15, 0.2) is 56.8 Å². The molecule has 1 unspecified atom stereocenters. The molecule has 0 spiro atoms. The van der Waals surface area contributed by atoms with Crippen molar-refractivity contribution in [3.63, 3.8) is 0 Å². The Hall–Kier alpha value is -2.36. The highest BCUT2D eigenvalue weighted by Gasteiger charge is 2.27. The number of hydrogen-bond acceptors (Lipinski definition) is 9. The Bertz CT molecular complexity index is 1050. The molecule has 0 N–H and O–H groups in total. The molecule has 1 aliphatic heterocycles. The van der Waals surface area contributed by atoms with Gasteiger partial charge in [0.15, 0.2) is 11.5 Å². The molecule has 1 aliphatic rings. The summed E-state index contributed by atoms with van der Waals surface area (Å²) in [6, 6.07) is 11.7. The summed E-state index contributed by atoms with van der Waals surface area (Å²) in [5.41, 5.74) is 0.999. The van der Waals surface area contributed by atoms with Crippen LogP contribution in [0.1, 0.15) is 17.7 Å². The topological polar surface area (TPSA) is 70.3 Å². The summed E-state index contributed by atoms with van der Waals surface area (Å²) in [6.45, 7) is 0.347. The van der Waals surface area contributed by atoms with Crippen LogP contribution >= 0.6 is 34.4 Å². The van der Waals surface area contributed by atoms with Crippen LogP contribution in [0.3, 0.4) is 0 Å². The average Bonchev–Trinajstić information content (AvgIpc) is 3.47. The first-order valence-electron chi connectivity index (χ1n) is 8.18. The molecule has 9 heteroatoms. The first-order valence-corrected chi connectivity index (χ1v) is 10.9. The molecular weight excluding hydrogens is 402 g/mol. The van der Waals surface area contributed by atoms with E-state index in [1.54, 1.807) is 22.7 Å². The van der Waals surface area contributed by atoms with E-state index in [9.17, 15) is 0 Å². The fourth-order valence-corrected chi connectivity index (χ4v) is 4.97. The maximum absolute atomic E-state index is 5.90. The third-order valence-corrected chi connectivity index (χ3v) is 6.62. The van der Waals surface area contributed by atoms with Gasteiger partial charge in [-0.25, -0.2) is 4.98 Å². The van der Waals surface area contributed by atoms with Gasteiger partial charge in [0.05, 0.1) is 10.6 Å². The molecule has 27 heavy (non-hydrogen) atoms. The molecule has 136 valence electrons. The van der Waals surface area contributed by atoms with E-state index in [-0.39, 0.29) is 0 Å². The highest BCUT2D eigenvalue weighted by Crippen LogP contribution is 2.36. The molecule has 1 aromatic carbocycles. The Labute approximate surface area is 167 Å². The predicted molar refractivity (Wildman–Crippen MR) is 105 cm³/mol. The zero-order valence-corrected chi connectivity index (χ0v) is 16.4. The van der Waals surface area contributed by atoms with Crippen molar-refractivity contribution in [2.45, 2.75) is 17.1 Å². The Balaban J connectivity index is 1.23. The smallest absolute Gasteiger partial charge is 0.277 e. The third kappa shape index (κ3) is 3.58. The predicted octanol–water partition coefficient (Wildman–Crippen LogP) is 5.06. The van der Waals surface area contributed by atoms with Gasteiger partial charge in [-0.3, -0.25) is 0 Å². The monoisotopic (exact) mass is 415 g/mol. The fourth-order valence-electron chi connectivity index (χ4n) is 2.57. The molecule has 0 fully saturated rings. The SMILES string of the molecule is c1csc(-c2nc(CSc3nnc(C4COc5ccccc5O4)o3)cs2)c1. The first-order chi connectivity index (χ1) is 13.3. The summed E-state index contributed by atoms with van der Waals surface area (Å²) in [7, 11) is 0. The van der Waals surface area contributed by atoms with Gasteiger partial charge in [-0.1, -0.05) is 30.0 Å². The van der Waals surface area contributed by atoms with Crippen molar-refractivity contribution >= 4 is 34.4 Å². The summed E-state index contributed by atoms with van der Waals surface area (Å²) >= 11 is 4.80. The zero-order chi connectivity index (χ0) is 18.1. The number of thiazole rings is 1. The van der Waals surface area contributed by atoms with E-state index in [4.69, 9.17) is 13.9 Å². The van der Waals surface area contributed by atoms with Crippen LogP contribution in [0.2, 0.25) is 0 Å². The van der Waals surface area contributed by atoms with Gasteiger partial charge in [0, 0.05) is 11.1 Å². The standard InChI is InChI=1S/C18H13N3O3S3/c1-2-5-13-12(4-1)22-8-14(23-13)16-20-21-18(24-16)27-10-11-9-26-17(19-11)15-6-3-7-25-15/h1-7,9,14H,8,10H2. The number of thiophene rings is 1. The molecule has 4 heterocycles. The van der Waals surface area contributed by atoms with Gasteiger partial charge < -0.3 is 13.9 Å². The summed E-state index contributed by atoms with van der Waals surface area (Å²) < 4.78 is 17.4. The van der Waals surface area contributed by atoms with E-state index >= 15 is 0 Å². The molecule has 0 saturated heterocycles. The molecule has 0 amide bonds. The molecule has 4 aromatic rings. The van der Waals surface area contributed by atoms with Crippen LogP contribution in [0, 0.1) is 0 Å². The molecule has 0 radical (unpaired) electrons. The van der Waals surface area contributed by atoms with Gasteiger partial charge >= 0.3 is 0 Å². The number of nitrogens with zero attached hydrogens (tertiary/aromatic N) is 3. The summed E-state index contributed by atoms with van der Waals surface area (Å²) in [5.74, 6) is 2.51. The summed E-state index contributed by atoms with van der Waals surface area (Å²) in [4.78, 5) is 5.85. The number of ether oxygens (including phenoxy) is 2. The van der Waals surface area contributed by atoms with Gasteiger partial charge in [0.25, 0.3) is 11.1 Å². The molecule has 0 saturated carbocycles. The van der Waals surface area contributed by atoms with Crippen molar-refractivity contribution in [1.29, 1.82) is 0 Å². The molecule has 1 atom stereocenters. The largest absolute Gasteiger partial charge is 0.485 e. The first kappa shape index (κ1) is 16.8. The van der Waals surface area contributed by atoms with Gasteiger partial charge in [-0.05, 0) is 23.6 Å². The number of para-hydroxylation sites is 2. The van der Waals surface area contributed by atoms with Crippen LogP contribution in [0.5, 0.6) is 11.5 Å². The minimum Gasteiger partial charge on any atom is -0.485 e. The van der Waals surface area contributed by atoms with Crippen LogP contribution in [0.25, 0.3) is 9.88 Å². The van der Waals surface area contributed by atoms with Gasteiger partial charge in [-0.2, -0.15) is 0 Å². The summed E-state index contributed by atoms with van der Waals surface area (Å²) in [6.07, 6.45) is -0.397.